The molecule has 2 rings (SSSR count). The standard InChI is InChI=1S/C15H23NS/c1-11-8-15(17-3)10-13(12(11)2)9-14-6-4-5-7-16-14/h8,10,14,16H,4-7,9H2,1-3H3. The zero-order valence-electron chi connectivity index (χ0n) is 11.2. The Morgan fingerprint density at radius 1 is 1.29 bits per heavy atom. The summed E-state index contributed by atoms with van der Waals surface area (Å²) in [6, 6.07) is 5.38. The van der Waals surface area contributed by atoms with Crippen molar-refractivity contribution in [1.29, 1.82) is 0 Å². The third kappa shape index (κ3) is 3.26. The summed E-state index contributed by atoms with van der Waals surface area (Å²) in [5.41, 5.74) is 4.45. The minimum atomic E-state index is 0.693. The van der Waals surface area contributed by atoms with Gasteiger partial charge in [0.2, 0.25) is 0 Å². The van der Waals surface area contributed by atoms with E-state index >= 15 is 0 Å². The van der Waals surface area contributed by atoms with Gasteiger partial charge in [0.1, 0.15) is 0 Å². The molecular formula is C15H23NS. The van der Waals surface area contributed by atoms with Crippen molar-refractivity contribution in [3.63, 3.8) is 0 Å². The molecule has 0 bridgehead atoms. The molecular weight excluding hydrogens is 226 g/mol. The molecule has 1 saturated heterocycles. The monoisotopic (exact) mass is 249 g/mol. The molecule has 0 spiro atoms. The Labute approximate surface area is 109 Å². The second-order valence-corrected chi connectivity index (χ2v) is 5.96. The normalized spacial score (nSPS) is 20.5. The molecule has 1 unspecified atom stereocenters. The molecule has 1 fully saturated rings. The Kier molecular flexibility index (Phi) is 4.52. The average molecular weight is 249 g/mol. The van der Waals surface area contributed by atoms with Crippen molar-refractivity contribution in [2.45, 2.75) is 50.5 Å². The number of thioether (sulfide) groups is 1. The number of hydrogen-bond donors (Lipinski definition) is 1. The fourth-order valence-corrected chi connectivity index (χ4v) is 3.14. The number of hydrogen-bond acceptors (Lipinski definition) is 2. The van der Waals surface area contributed by atoms with Crippen LogP contribution in [0.2, 0.25) is 0 Å². The Hall–Kier alpha value is -0.470. The first-order valence-corrected chi connectivity index (χ1v) is 7.80. The summed E-state index contributed by atoms with van der Waals surface area (Å²) >= 11 is 1.85. The Bertz CT molecular complexity index is 381. The molecule has 1 aromatic carbocycles. The molecule has 1 N–H and O–H groups in total. The second-order valence-electron chi connectivity index (χ2n) is 5.08. The van der Waals surface area contributed by atoms with E-state index in [0.717, 1.165) is 0 Å². The molecule has 2 heteroatoms. The summed E-state index contributed by atoms with van der Waals surface area (Å²) in [6.45, 7) is 5.69. The van der Waals surface area contributed by atoms with Gasteiger partial charge in [-0.05, 0) is 74.7 Å². The molecule has 0 aromatic heterocycles. The first kappa shape index (κ1) is 13.0. The Morgan fingerprint density at radius 3 is 2.76 bits per heavy atom. The van der Waals surface area contributed by atoms with Crippen molar-refractivity contribution >= 4 is 11.8 Å². The molecule has 0 radical (unpaired) electrons. The molecule has 0 saturated carbocycles. The molecule has 1 aromatic rings. The third-order valence-electron chi connectivity index (χ3n) is 3.86. The maximum atomic E-state index is 3.64. The van der Waals surface area contributed by atoms with Crippen LogP contribution in [0, 0.1) is 13.8 Å². The van der Waals surface area contributed by atoms with Crippen LogP contribution in [0.5, 0.6) is 0 Å². The SMILES string of the molecule is CSc1cc(C)c(C)c(CC2CCCCN2)c1. The van der Waals surface area contributed by atoms with Crippen molar-refractivity contribution in [1.82, 2.24) is 5.32 Å². The number of benzene rings is 1. The summed E-state index contributed by atoms with van der Waals surface area (Å²) in [4.78, 5) is 1.40. The minimum Gasteiger partial charge on any atom is -0.314 e. The lowest BCUT2D eigenvalue weighted by molar-refractivity contribution is 0.399. The molecule has 17 heavy (non-hydrogen) atoms. The zero-order chi connectivity index (χ0) is 12.3. The second kappa shape index (κ2) is 5.92. The number of piperidine rings is 1. The van der Waals surface area contributed by atoms with Gasteiger partial charge in [-0.25, -0.2) is 0 Å². The van der Waals surface area contributed by atoms with Gasteiger partial charge in [-0.3, -0.25) is 0 Å². The van der Waals surface area contributed by atoms with E-state index in [4.69, 9.17) is 0 Å². The van der Waals surface area contributed by atoms with Gasteiger partial charge in [0.15, 0.2) is 0 Å². The minimum absolute atomic E-state index is 0.693. The van der Waals surface area contributed by atoms with E-state index in [1.54, 1.807) is 0 Å². The van der Waals surface area contributed by atoms with Crippen molar-refractivity contribution in [2.75, 3.05) is 12.8 Å². The van der Waals surface area contributed by atoms with E-state index in [1.807, 2.05) is 11.8 Å². The van der Waals surface area contributed by atoms with Gasteiger partial charge < -0.3 is 5.32 Å². The molecule has 0 amide bonds. The predicted octanol–water partition coefficient (Wildman–Crippen LogP) is 3.71. The van der Waals surface area contributed by atoms with Crippen LogP contribution < -0.4 is 5.32 Å². The maximum Gasteiger partial charge on any atom is 0.0108 e. The van der Waals surface area contributed by atoms with E-state index in [-0.39, 0.29) is 0 Å². The lowest BCUT2D eigenvalue weighted by Gasteiger charge is -2.24. The summed E-state index contributed by atoms with van der Waals surface area (Å²) in [5.74, 6) is 0. The van der Waals surface area contributed by atoms with Gasteiger partial charge in [-0.15, -0.1) is 11.8 Å². The van der Waals surface area contributed by atoms with Crippen LogP contribution in [-0.2, 0) is 6.42 Å². The maximum absolute atomic E-state index is 3.64. The smallest absolute Gasteiger partial charge is 0.0108 e. The van der Waals surface area contributed by atoms with Gasteiger partial charge in [-0.1, -0.05) is 6.42 Å². The average Bonchev–Trinajstić information content (AvgIpc) is 2.36. The number of nitrogens with one attached hydrogen (secondary N) is 1. The van der Waals surface area contributed by atoms with Gasteiger partial charge >= 0.3 is 0 Å². The van der Waals surface area contributed by atoms with E-state index in [2.05, 4.69) is 37.6 Å². The Balaban J connectivity index is 2.15. The van der Waals surface area contributed by atoms with Crippen molar-refractivity contribution < 1.29 is 0 Å². The van der Waals surface area contributed by atoms with Crippen LogP contribution in [0.1, 0.15) is 36.0 Å². The van der Waals surface area contributed by atoms with E-state index < -0.39 is 0 Å². The largest absolute Gasteiger partial charge is 0.314 e. The first-order valence-electron chi connectivity index (χ1n) is 6.58. The van der Waals surface area contributed by atoms with Crippen LogP contribution in [0.15, 0.2) is 17.0 Å². The number of aryl methyl sites for hydroxylation is 1. The van der Waals surface area contributed by atoms with Gasteiger partial charge in [0.25, 0.3) is 0 Å². The zero-order valence-corrected chi connectivity index (χ0v) is 12.0. The quantitative estimate of drug-likeness (QED) is 0.820. The lowest BCUT2D eigenvalue weighted by Crippen LogP contribution is -2.35. The molecule has 0 aliphatic carbocycles. The molecule has 1 aliphatic rings. The van der Waals surface area contributed by atoms with Crippen molar-refractivity contribution in [3.05, 3.63) is 28.8 Å². The molecule has 94 valence electrons. The van der Waals surface area contributed by atoms with Gasteiger partial charge in [0, 0.05) is 10.9 Å². The van der Waals surface area contributed by atoms with Gasteiger partial charge in [-0.2, -0.15) is 0 Å². The molecule has 1 atom stereocenters. The van der Waals surface area contributed by atoms with E-state index in [1.165, 1.54) is 53.8 Å². The topological polar surface area (TPSA) is 12.0 Å². The highest BCUT2D eigenvalue weighted by Crippen LogP contribution is 2.24. The first-order chi connectivity index (χ1) is 8.20. The fourth-order valence-electron chi connectivity index (χ4n) is 2.59. The predicted molar refractivity (Wildman–Crippen MR) is 77.0 cm³/mol. The van der Waals surface area contributed by atoms with Crippen molar-refractivity contribution in [2.24, 2.45) is 0 Å². The van der Waals surface area contributed by atoms with Gasteiger partial charge in [0.05, 0.1) is 0 Å². The van der Waals surface area contributed by atoms with Crippen LogP contribution in [0.4, 0.5) is 0 Å². The van der Waals surface area contributed by atoms with E-state index in [0.29, 0.717) is 6.04 Å². The van der Waals surface area contributed by atoms with Crippen molar-refractivity contribution in [3.8, 4) is 0 Å². The number of rotatable bonds is 3. The Morgan fingerprint density at radius 2 is 2.12 bits per heavy atom. The highest BCUT2D eigenvalue weighted by molar-refractivity contribution is 7.98. The molecule has 1 nitrogen and oxygen atoms in total. The van der Waals surface area contributed by atoms with E-state index in [9.17, 15) is 0 Å². The summed E-state index contributed by atoms with van der Waals surface area (Å²) in [7, 11) is 0. The lowest BCUT2D eigenvalue weighted by atomic mass is 9.93. The summed E-state index contributed by atoms with van der Waals surface area (Å²) < 4.78 is 0. The van der Waals surface area contributed by atoms with Crippen LogP contribution in [0.25, 0.3) is 0 Å². The van der Waals surface area contributed by atoms with Crippen LogP contribution >= 0.6 is 11.8 Å². The molecule has 1 heterocycles. The van der Waals surface area contributed by atoms with Crippen LogP contribution in [-0.4, -0.2) is 18.8 Å². The highest BCUT2D eigenvalue weighted by Gasteiger charge is 2.15. The molecule has 1 aliphatic heterocycles. The fraction of sp³-hybridized carbons (Fsp3) is 0.600. The van der Waals surface area contributed by atoms with Crippen LogP contribution in [0.3, 0.4) is 0 Å². The highest BCUT2D eigenvalue weighted by atomic mass is 32.2. The summed E-state index contributed by atoms with van der Waals surface area (Å²) in [5, 5.41) is 3.64. The summed E-state index contributed by atoms with van der Waals surface area (Å²) in [6.07, 6.45) is 7.42. The third-order valence-corrected chi connectivity index (χ3v) is 4.57.